The zero-order valence-corrected chi connectivity index (χ0v) is 8.42. The molecule has 0 fully saturated rings. The Morgan fingerprint density at radius 1 is 1.50 bits per heavy atom. The van der Waals surface area contributed by atoms with E-state index in [0.29, 0.717) is 16.1 Å². The molecule has 0 aliphatic carbocycles. The molecule has 0 bridgehead atoms. The number of pyridine rings is 1. The third-order valence-corrected chi connectivity index (χ3v) is 2.20. The van der Waals surface area contributed by atoms with E-state index < -0.39 is 0 Å². The molecular weight excluding hydrogens is 216 g/mol. The number of hydrogen-bond acceptors (Lipinski definition) is 1. The lowest BCUT2D eigenvalue weighted by Gasteiger charge is -2.03. The van der Waals surface area contributed by atoms with E-state index in [0.717, 1.165) is 11.1 Å². The first kappa shape index (κ1) is 9.85. The van der Waals surface area contributed by atoms with Gasteiger partial charge in [0.2, 0.25) is 0 Å². The van der Waals surface area contributed by atoms with Crippen molar-refractivity contribution in [3.8, 4) is 0 Å². The molecule has 4 heteroatoms. The summed E-state index contributed by atoms with van der Waals surface area (Å²) in [5.74, 6) is 0.336. The van der Waals surface area contributed by atoms with Crippen LogP contribution in [0, 0.1) is 0 Å². The second kappa shape index (κ2) is 4.13. The summed E-state index contributed by atoms with van der Waals surface area (Å²) in [6.07, 6.45) is 1.56. The third kappa shape index (κ3) is 2.13. The molecule has 12 heavy (non-hydrogen) atoms. The van der Waals surface area contributed by atoms with Crippen molar-refractivity contribution in [3.05, 3.63) is 34.6 Å². The summed E-state index contributed by atoms with van der Waals surface area (Å²) >= 11 is 17.0. The summed E-state index contributed by atoms with van der Waals surface area (Å²) in [5.41, 5.74) is 1.49. The summed E-state index contributed by atoms with van der Waals surface area (Å²) in [7, 11) is 0. The maximum absolute atomic E-state index is 5.86. The van der Waals surface area contributed by atoms with Gasteiger partial charge in [0.15, 0.2) is 0 Å². The van der Waals surface area contributed by atoms with Crippen molar-refractivity contribution < 1.29 is 0 Å². The topological polar surface area (TPSA) is 12.9 Å². The summed E-state index contributed by atoms with van der Waals surface area (Å²) in [6, 6.07) is 1.57. The maximum Gasteiger partial charge on any atom is 0.130 e. The minimum Gasteiger partial charge on any atom is -0.244 e. The van der Waals surface area contributed by atoms with E-state index in [2.05, 4.69) is 11.6 Å². The molecule has 0 aliphatic heterocycles. The van der Waals surface area contributed by atoms with E-state index in [9.17, 15) is 0 Å². The summed E-state index contributed by atoms with van der Waals surface area (Å²) in [6.45, 7) is 3.73. The molecule has 0 spiro atoms. The normalized spacial score (nSPS) is 9.92. The van der Waals surface area contributed by atoms with Crippen molar-refractivity contribution in [2.75, 3.05) is 5.88 Å². The van der Waals surface area contributed by atoms with Crippen molar-refractivity contribution in [1.82, 2.24) is 4.98 Å². The summed E-state index contributed by atoms with van der Waals surface area (Å²) in [4.78, 5) is 3.87. The van der Waals surface area contributed by atoms with Gasteiger partial charge in [-0.25, -0.2) is 4.98 Å². The average Bonchev–Trinajstić information content (AvgIpc) is 2.03. The predicted octanol–water partition coefficient (Wildman–Crippen LogP) is 3.64. The molecule has 0 unspecified atom stereocenters. The van der Waals surface area contributed by atoms with Crippen LogP contribution in [-0.4, -0.2) is 10.9 Å². The molecule has 1 aromatic heterocycles. The van der Waals surface area contributed by atoms with Crippen LogP contribution in [0.3, 0.4) is 0 Å². The molecule has 0 saturated heterocycles. The fourth-order valence-electron chi connectivity index (χ4n) is 0.740. The number of halogens is 3. The molecule has 0 aromatic carbocycles. The van der Waals surface area contributed by atoms with E-state index in [1.807, 2.05) is 0 Å². The van der Waals surface area contributed by atoms with Crippen molar-refractivity contribution in [3.63, 3.8) is 0 Å². The molecule has 0 saturated carbocycles. The Hall–Kier alpha value is -0.240. The lowest BCUT2D eigenvalue weighted by atomic mass is 10.1. The van der Waals surface area contributed by atoms with Gasteiger partial charge in [-0.05, 0) is 11.6 Å². The Labute approximate surface area is 86.0 Å². The average molecular weight is 223 g/mol. The smallest absolute Gasteiger partial charge is 0.130 e. The fraction of sp³-hybridized carbons (Fsp3) is 0.125. The van der Waals surface area contributed by atoms with Crippen molar-refractivity contribution in [2.24, 2.45) is 0 Å². The van der Waals surface area contributed by atoms with Crippen molar-refractivity contribution in [2.45, 2.75) is 0 Å². The largest absolute Gasteiger partial charge is 0.244 e. The number of allylic oxidation sites excluding steroid dienone is 1. The van der Waals surface area contributed by atoms with E-state index in [-0.39, 0.29) is 0 Å². The van der Waals surface area contributed by atoms with Crippen molar-refractivity contribution >= 4 is 40.4 Å². The number of nitrogens with zero attached hydrogens (tertiary/aromatic N) is 1. The van der Waals surface area contributed by atoms with E-state index in [1.54, 1.807) is 12.3 Å². The Balaban J connectivity index is 3.09. The van der Waals surface area contributed by atoms with Gasteiger partial charge in [0.25, 0.3) is 0 Å². The maximum atomic E-state index is 5.86. The highest BCUT2D eigenvalue weighted by Gasteiger charge is 2.04. The van der Waals surface area contributed by atoms with Gasteiger partial charge in [-0.1, -0.05) is 29.8 Å². The summed E-state index contributed by atoms with van der Waals surface area (Å²) < 4.78 is 0. The van der Waals surface area contributed by atoms with Gasteiger partial charge in [0.1, 0.15) is 5.15 Å². The Kier molecular flexibility index (Phi) is 3.39. The highest BCUT2D eigenvalue weighted by Crippen LogP contribution is 2.24. The van der Waals surface area contributed by atoms with E-state index >= 15 is 0 Å². The van der Waals surface area contributed by atoms with Crippen molar-refractivity contribution in [1.29, 1.82) is 0 Å². The van der Waals surface area contributed by atoms with E-state index in [1.165, 1.54) is 0 Å². The second-order valence-electron chi connectivity index (χ2n) is 2.22. The van der Waals surface area contributed by atoms with E-state index in [4.69, 9.17) is 34.8 Å². The first-order chi connectivity index (χ1) is 5.65. The van der Waals surface area contributed by atoms with Crippen LogP contribution in [0.25, 0.3) is 5.57 Å². The number of aromatic nitrogens is 1. The number of hydrogen-bond donors (Lipinski definition) is 0. The molecule has 1 nitrogen and oxygen atoms in total. The zero-order chi connectivity index (χ0) is 9.14. The third-order valence-electron chi connectivity index (χ3n) is 1.36. The highest BCUT2D eigenvalue weighted by atomic mass is 35.5. The van der Waals surface area contributed by atoms with Gasteiger partial charge in [0.05, 0.1) is 5.02 Å². The standard InChI is InChI=1S/C8H6Cl3N/c1-5(3-9)6-4-12-8(11)2-7(6)10/h2,4H,1,3H2. The Morgan fingerprint density at radius 3 is 2.67 bits per heavy atom. The SMILES string of the molecule is C=C(CCl)c1cnc(Cl)cc1Cl. The first-order valence-corrected chi connectivity index (χ1v) is 4.49. The van der Waals surface area contributed by atoms with Crippen LogP contribution in [0.5, 0.6) is 0 Å². The van der Waals surface area contributed by atoms with Gasteiger partial charge in [-0.15, -0.1) is 11.6 Å². The zero-order valence-electron chi connectivity index (χ0n) is 6.15. The van der Waals surface area contributed by atoms with Gasteiger partial charge in [-0.3, -0.25) is 0 Å². The lowest BCUT2D eigenvalue weighted by Crippen LogP contribution is -1.87. The first-order valence-electron chi connectivity index (χ1n) is 3.20. The second-order valence-corrected chi connectivity index (χ2v) is 3.29. The van der Waals surface area contributed by atoms with Crippen LogP contribution in [0.1, 0.15) is 5.56 Å². The molecule has 0 atom stereocenters. The van der Waals surface area contributed by atoms with Gasteiger partial charge in [-0.2, -0.15) is 0 Å². The summed E-state index contributed by atoms with van der Waals surface area (Å²) in [5, 5.41) is 0.895. The molecule has 0 amide bonds. The quantitative estimate of drug-likeness (QED) is 0.550. The van der Waals surface area contributed by atoms with Crippen LogP contribution >= 0.6 is 34.8 Å². The lowest BCUT2D eigenvalue weighted by molar-refractivity contribution is 1.31. The molecule has 0 radical (unpaired) electrons. The molecule has 1 heterocycles. The molecular formula is C8H6Cl3N. The predicted molar refractivity (Wildman–Crippen MR) is 54.0 cm³/mol. The fourth-order valence-corrected chi connectivity index (χ4v) is 1.38. The van der Waals surface area contributed by atoms with Crippen LogP contribution in [0.4, 0.5) is 0 Å². The van der Waals surface area contributed by atoms with Crippen LogP contribution in [0.2, 0.25) is 10.2 Å². The minimum atomic E-state index is 0.336. The van der Waals surface area contributed by atoms with Gasteiger partial charge < -0.3 is 0 Å². The molecule has 1 aromatic rings. The molecule has 64 valence electrons. The molecule has 1 rings (SSSR count). The van der Waals surface area contributed by atoms with Crippen LogP contribution in [-0.2, 0) is 0 Å². The Bertz CT molecular complexity index is 309. The van der Waals surface area contributed by atoms with Crippen LogP contribution < -0.4 is 0 Å². The minimum absolute atomic E-state index is 0.336. The van der Waals surface area contributed by atoms with Gasteiger partial charge in [0, 0.05) is 17.6 Å². The number of rotatable bonds is 2. The van der Waals surface area contributed by atoms with Gasteiger partial charge >= 0.3 is 0 Å². The van der Waals surface area contributed by atoms with Crippen LogP contribution in [0.15, 0.2) is 18.8 Å². The number of alkyl halides is 1. The molecule has 0 N–H and O–H groups in total. The Morgan fingerprint density at radius 2 is 2.17 bits per heavy atom. The highest BCUT2D eigenvalue weighted by molar-refractivity contribution is 6.35. The molecule has 0 aliphatic rings. The monoisotopic (exact) mass is 221 g/mol.